The van der Waals surface area contributed by atoms with E-state index in [1.165, 1.54) is 5.56 Å². The van der Waals surface area contributed by atoms with Gasteiger partial charge in [-0.05, 0) is 45.0 Å². The summed E-state index contributed by atoms with van der Waals surface area (Å²) >= 11 is 0. The first-order valence-electron chi connectivity index (χ1n) is 8.58. The van der Waals surface area contributed by atoms with Gasteiger partial charge in [-0.25, -0.2) is 0 Å². The Hall–Kier alpha value is -0.820. The molecular formula is C18H33IN4. The fraction of sp³-hybridized carbons (Fsp3) is 0.611. The van der Waals surface area contributed by atoms with Gasteiger partial charge in [0.05, 0.1) is 0 Å². The lowest BCUT2D eigenvalue weighted by atomic mass is 10.1. The van der Waals surface area contributed by atoms with Crippen LogP contribution in [0.25, 0.3) is 0 Å². The van der Waals surface area contributed by atoms with Crippen LogP contribution < -0.4 is 10.6 Å². The second kappa shape index (κ2) is 14.8. The summed E-state index contributed by atoms with van der Waals surface area (Å²) in [5.41, 5.74) is 1.35. The summed E-state index contributed by atoms with van der Waals surface area (Å²) < 4.78 is 0. The first-order chi connectivity index (χ1) is 10.8. The third-order valence-electron chi connectivity index (χ3n) is 3.69. The molecule has 0 aliphatic rings. The highest BCUT2D eigenvalue weighted by Gasteiger charge is 1.99. The molecule has 1 aromatic rings. The van der Waals surface area contributed by atoms with Gasteiger partial charge in [-0.15, -0.1) is 24.0 Å². The molecule has 2 N–H and O–H groups in total. The molecule has 0 fully saturated rings. The van der Waals surface area contributed by atoms with E-state index in [0.29, 0.717) is 0 Å². The maximum Gasteiger partial charge on any atom is 0.191 e. The second-order valence-electron chi connectivity index (χ2n) is 5.30. The normalized spacial score (nSPS) is 11.2. The number of rotatable bonds is 10. The maximum atomic E-state index is 4.65. The van der Waals surface area contributed by atoms with E-state index >= 15 is 0 Å². The van der Waals surface area contributed by atoms with E-state index < -0.39 is 0 Å². The maximum absolute atomic E-state index is 4.65. The Labute approximate surface area is 159 Å². The van der Waals surface area contributed by atoms with E-state index in [2.05, 4.69) is 71.6 Å². The summed E-state index contributed by atoms with van der Waals surface area (Å²) in [7, 11) is 0. The fourth-order valence-corrected chi connectivity index (χ4v) is 2.34. The van der Waals surface area contributed by atoms with E-state index in [1.807, 2.05) is 0 Å². The molecule has 0 radical (unpaired) electrons. The van der Waals surface area contributed by atoms with Crippen molar-refractivity contribution in [2.24, 2.45) is 4.99 Å². The van der Waals surface area contributed by atoms with Gasteiger partial charge in [-0.3, -0.25) is 4.99 Å². The van der Waals surface area contributed by atoms with Crippen molar-refractivity contribution in [3.63, 3.8) is 0 Å². The van der Waals surface area contributed by atoms with Crippen LogP contribution in [0.1, 0.15) is 32.8 Å². The van der Waals surface area contributed by atoms with Crippen LogP contribution in [0.4, 0.5) is 0 Å². The van der Waals surface area contributed by atoms with E-state index in [4.69, 9.17) is 0 Å². The van der Waals surface area contributed by atoms with E-state index in [9.17, 15) is 0 Å². The summed E-state index contributed by atoms with van der Waals surface area (Å²) in [6.07, 6.45) is 2.13. The largest absolute Gasteiger partial charge is 0.357 e. The molecule has 0 aliphatic heterocycles. The van der Waals surface area contributed by atoms with Crippen LogP contribution in [-0.4, -0.2) is 50.1 Å². The molecular weight excluding hydrogens is 399 g/mol. The Morgan fingerprint density at radius 3 is 2.35 bits per heavy atom. The molecule has 4 nitrogen and oxygen atoms in total. The molecule has 0 saturated carbocycles. The number of hydrogen-bond acceptors (Lipinski definition) is 2. The van der Waals surface area contributed by atoms with Gasteiger partial charge >= 0.3 is 0 Å². The van der Waals surface area contributed by atoms with Gasteiger partial charge in [0.2, 0.25) is 0 Å². The summed E-state index contributed by atoms with van der Waals surface area (Å²) in [4.78, 5) is 7.09. The lowest BCUT2D eigenvalue weighted by molar-refractivity contribution is 0.302. The zero-order valence-electron chi connectivity index (χ0n) is 14.8. The quantitative estimate of drug-likeness (QED) is 0.258. The van der Waals surface area contributed by atoms with Gasteiger partial charge in [0.25, 0.3) is 0 Å². The van der Waals surface area contributed by atoms with E-state index in [1.54, 1.807) is 0 Å². The minimum absolute atomic E-state index is 0. The molecule has 0 spiro atoms. The summed E-state index contributed by atoms with van der Waals surface area (Å²) in [5, 5.41) is 6.72. The number of aliphatic imine (C=N–C) groups is 1. The van der Waals surface area contributed by atoms with Crippen molar-refractivity contribution in [2.75, 3.05) is 39.3 Å². The van der Waals surface area contributed by atoms with Crippen LogP contribution >= 0.6 is 24.0 Å². The van der Waals surface area contributed by atoms with Crippen molar-refractivity contribution in [1.82, 2.24) is 15.5 Å². The molecule has 0 heterocycles. The molecule has 0 amide bonds. The zero-order chi connectivity index (χ0) is 16.0. The molecule has 0 bridgehead atoms. The number of nitrogens with one attached hydrogen (secondary N) is 2. The third kappa shape index (κ3) is 10.5. The lowest BCUT2D eigenvalue weighted by Crippen LogP contribution is -2.38. The van der Waals surface area contributed by atoms with Crippen LogP contribution in [0, 0.1) is 0 Å². The van der Waals surface area contributed by atoms with Crippen molar-refractivity contribution in [3.8, 4) is 0 Å². The third-order valence-corrected chi connectivity index (χ3v) is 3.69. The van der Waals surface area contributed by atoms with Gasteiger partial charge < -0.3 is 15.5 Å². The summed E-state index contributed by atoms with van der Waals surface area (Å²) in [5.74, 6) is 0.929. The molecule has 1 aromatic carbocycles. The average molecular weight is 432 g/mol. The van der Waals surface area contributed by atoms with Gasteiger partial charge in [0.1, 0.15) is 0 Å². The second-order valence-corrected chi connectivity index (χ2v) is 5.30. The zero-order valence-corrected chi connectivity index (χ0v) is 17.2. The number of nitrogens with zero attached hydrogens (tertiary/aromatic N) is 2. The predicted molar refractivity (Wildman–Crippen MR) is 112 cm³/mol. The Balaban J connectivity index is 0.00000484. The molecule has 5 heteroatoms. The van der Waals surface area contributed by atoms with Crippen LogP contribution in [0.15, 0.2) is 35.3 Å². The minimum atomic E-state index is 0. The van der Waals surface area contributed by atoms with Crippen LogP contribution in [0.5, 0.6) is 0 Å². The number of guanidine groups is 1. The Morgan fingerprint density at radius 2 is 1.74 bits per heavy atom. The highest BCUT2D eigenvalue weighted by Crippen LogP contribution is 1.98. The van der Waals surface area contributed by atoms with Crippen molar-refractivity contribution < 1.29 is 0 Å². The Morgan fingerprint density at radius 1 is 1.04 bits per heavy atom. The van der Waals surface area contributed by atoms with Crippen molar-refractivity contribution in [3.05, 3.63) is 35.9 Å². The highest BCUT2D eigenvalue weighted by molar-refractivity contribution is 14.0. The molecule has 0 unspecified atom stereocenters. The van der Waals surface area contributed by atoms with Crippen molar-refractivity contribution in [1.29, 1.82) is 0 Å². The van der Waals surface area contributed by atoms with Gasteiger partial charge in [0.15, 0.2) is 5.96 Å². The minimum Gasteiger partial charge on any atom is -0.357 e. The molecule has 0 aromatic heterocycles. The number of benzene rings is 1. The molecule has 1 rings (SSSR count). The van der Waals surface area contributed by atoms with Crippen LogP contribution in [-0.2, 0) is 6.42 Å². The van der Waals surface area contributed by atoms with Crippen molar-refractivity contribution in [2.45, 2.75) is 33.6 Å². The lowest BCUT2D eigenvalue weighted by Gasteiger charge is -2.17. The van der Waals surface area contributed by atoms with Gasteiger partial charge in [-0.1, -0.05) is 44.2 Å². The van der Waals surface area contributed by atoms with E-state index in [0.717, 1.165) is 58.1 Å². The summed E-state index contributed by atoms with van der Waals surface area (Å²) in [6.45, 7) is 12.6. The number of hydrogen-bond donors (Lipinski definition) is 2. The fourth-order valence-electron chi connectivity index (χ4n) is 2.34. The van der Waals surface area contributed by atoms with Gasteiger partial charge in [0, 0.05) is 19.6 Å². The number of halogens is 1. The first-order valence-corrected chi connectivity index (χ1v) is 8.58. The molecule has 23 heavy (non-hydrogen) atoms. The predicted octanol–water partition coefficient (Wildman–Crippen LogP) is 3.13. The van der Waals surface area contributed by atoms with Gasteiger partial charge in [-0.2, -0.15) is 0 Å². The highest BCUT2D eigenvalue weighted by atomic mass is 127. The monoisotopic (exact) mass is 432 g/mol. The average Bonchev–Trinajstić information content (AvgIpc) is 2.56. The standard InChI is InChI=1S/C18H32N4.HI/c1-4-19-18(20-14-10-16-22(5-2)6-3)21-15-13-17-11-8-7-9-12-17;/h7-9,11-12H,4-6,10,13-16H2,1-3H3,(H2,19,20,21);1H. The Kier molecular flexibility index (Phi) is 14.2. The molecule has 132 valence electrons. The molecule has 0 atom stereocenters. The van der Waals surface area contributed by atoms with Crippen LogP contribution in [0.3, 0.4) is 0 Å². The van der Waals surface area contributed by atoms with E-state index in [-0.39, 0.29) is 24.0 Å². The molecule has 0 saturated heterocycles. The SMILES string of the molecule is CCNC(=NCCCN(CC)CC)NCCc1ccccc1.I. The smallest absolute Gasteiger partial charge is 0.191 e. The van der Waals surface area contributed by atoms with Crippen LogP contribution in [0.2, 0.25) is 0 Å². The topological polar surface area (TPSA) is 39.7 Å². The Bertz CT molecular complexity index is 405. The van der Waals surface area contributed by atoms with Crippen molar-refractivity contribution >= 4 is 29.9 Å². The summed E-state index contributed by atoms with van der Waals surface area (Å²) in [6, 6.07) is 10.5. The molecule has 0 aliphatic carbocycles. The first kappa shape index (κ1) is 22.2.